The molecule has 81 heavy (non-hydrogen) atoms. The average Bonchev–Trinajstić information content (AvgIpc) is 3.55. The molecule has 3 heterocycles. The van der Waals surface area contributed by atoms with Gasteiger partial charge in [0.05, 0.1) is 41.9 Å². The number of fused-ring (bicyclic) bond motifs is 1. The summed E-state index contributed by atoms with van der Waals surface area (Å²) in [4.78, 5) is 83.0. The van der Waals surface area contributed by atoms with Crippen molar-refractivity contribution in [1.29, 1.82) is 0 Å². The van der Waals surface area contributed by atoms with Gasteiger partial charge in [0.1, 0.15) is 53.3 Å². The number of carboxylic acid groups (broad SMARTS) is 1. The lowest BCUT2D eigenvalue weighted by atomic mass is 9.79. The van der Waals surface area contributed by atoms with Crippen molar-refractivity contribution in [2.24, 2.45) is 11.8 Å². The zero-order valence-electron chi connectivity index (χ0n) is 43.1. The zero-order chi connectivity index (χ0) is 58.7. The fourth-order valence-corrected chi connectivity index (χ4v) is 12.1. The highest BCUT2D eigenvalue weighted by atomic mass is 32.2. The summed E-state index contributed by atoms with van der Waals surface area (Å²) in [6.45, 7) is -0.362. The predicted octanol–water partition coefficient (Wildman–Crippen LogP) is -0.390. The van der Waals surface area contributed by atoms with Crippen LogP contribution in [0.5, 0.6) is 0 Å². The Balaban J connectivity index is 1.21. The highest BCUT2D eigenvalue weighted by Crippen LogP contribution is 2.39. The Kier molecular flexibility index (Phi) is 19.3. The van der Waals surface area contributed by atoms with E-state index in [-0.39, 0.29) is 34.4 Å². The van der Waals surface area contributed by atoms with Crippen molar-refractivity contribution in [2.75, 3.05) is 18.5 Å². The number of ether oxygens (including phenoxy) is 6. The van der Waals surface area contributed by atoms with Crippen LogP contribution < -0.4 is 21.9 Å². The molecule has 12 N–H and O–H groups in total. The molecule has 0 spiro atoms. The number of rotatable bonds is 20. The van der Waals surface area contributed by atoms with Crippen LogP contribution in [0.4, 0.5) is 5.69 Å². The van der Waals surface area contributed by atoms with Crippen LogP contribution in [0.3, 0.4) is 0 Å². The standard InChI is InChI=1S/C51H62N4O24S2/c1-23-39(59)41(61)42(62)49(74-23)79-43-30(53-46(63)31-20-37(58)55-51(67)54-31)17-27(32(57)21-52-29-14-8-13-26-16-28(80(68,69)70)19-36(38(26)29)81(71,72)73)18-33(43)76-50-45(78-48(66)25-11-6-3-7-12-25)44(40(60)35(22-56)77-50)75-34(47(64)65)15-24-9-4-2-5-10-24/h3,6-8,11-14,16,19-20,23-24,27,30,33-35,39-45,49-50,52,56,59-62H,2,4-5,9-10,15,17-18,21-22H2,1H3,(H,53,63)(H,64,65)(H,68,69,70)(H,71,72,73)(H2,54,55,58,67)/t23?,27?,30?,33?,34-,35?,39?,40?,41?,42?,43?,44?,45?,49?,50?/m0/s1. The summed E-state index contributed by atoms with van der Waals surface area (Å²) in [6, 6.07) is 11.8. The molecule has 0 bridgehead atoms. The van der Waals surface area contributed by atoms with Crippen LogP contribution in [0.1, 0.15) is 79.1 Å². The van der Waals surface area contributed by atoms with E-state index < -0.39 is 188 Å². The number of carbonyl (C=O) groups excluding carboxylic acids is 3. The summed E-state index contributed by atoms with van der Waals surface area (Å²) >= 11 is 0. The Morgan fingerprint density at radius 2 is 1.49 bits per heavy atom. The number of hydrogen-bond acceptors (Lipinski definition) is 22. The first-order chi connectivity index (χ1) is 38.3. The van der Waals surface area contributed by atoms with Crippen molar-refractivity contribution in [3.05, 3.63) is 98.8 Å². The van der Waals surface area contributed by atoms with E-state index in [0.717, 1.165) is 31.4 Å². The van der Waals surface area contributed by atoms with Crippen LogP contribution in [0.15, 0.2) is 86.1 Å². The van der Waals surface area contributed by atoms with Crippen molar-refractivity contribution in [3.63, 3.8) is 0 Å². The molecule has 15 atom stereocenters. The number of aliphatic hydroxyl groups excluding tert-OH is 5. The number of nitrogens with one attached hydrogen (secondary N) is 4. The van der Waals surface area contributed by atoms with Crippen molar-refractivity contribution < 1.29 is 104 Å². The van der Waals surface area contributed by atoms with E-state index in [1.807, 2.05) is 4.98 Å². The summed E-state index contributed by atoms with van der Waals surface area (Å²) in [6.07, 6.45) is -20.3. The first-order valence-electron chi connectivity index (χ1n) is 25.8. The number of Topliss-reactive ketones (excluding diaryl/α,β-unsaturated/α-hetero) is 1. The smallest absolute Gasteiger partial charge is 0.338 e. The number of H-pyrrole nitrogens is 2. The molecule has 3 aromatic carbocycles. The van der Waals surface area contributed by atoms with Gasteiger partial charge in [-0.3, -0.25) is 28.5 Å². The SMILES string of the molecule is CC1OC(OC2C(NC(=O)c3cc(=O)[nH]c(=O)[nH]3)CC(C(=O)CNc3cccc4cc(S(=O)(=O)O)cc(S(=O)(=O)O)c34)CC2OC2OC(CO)C(O)C(O[C@@H](CC3CCCCC3)C(=O)O)C2OC(=O)c2ccccc2)C(O)C(O)C1O. The summed E-state index contributed by atoms with van der Waals surface area (Å²) in [5, 5.41) is 70.8. The Bertz CT molecular complexity index is 3260. The molecule has 28 nitrogen and oxygen atoms in total. The maximum absolute atomic E-state index is 14.8. The van der Waals surface area contributed by atoms with E-state index in [1.165, 1.54) is 49.4 Å². The summed E-state index contributed by atoms with van der Waals surface area (Å²) < 4.78 is 107. The number of aliphatic hydroxyl groups is 5. The summed E-state index contributed by atoms with van der Waals surface area (Å²) in [5.41, 5.74) is -2.91. The molecule has 0 radical (unpaired) electrons. The van der Waals surface area contributed by atoms with Crippen LogP contribution in [0.2, 0.25) is 0 Å². The zero-order valence-corrected chi connectivity index (χ0v) is 44.7. The Labute approximate surface area is 461 Å². The molecule has 2 aliphatic heterocycles. The average molecular weight is 1180 g/mol. The predicted molar refractivity (Wildman–Crippen MR) is 276 cm³/mol. The van der Waals surface area contributed by atoms with Gasteiger partial charge in [0.25, 0.3) is 31.7 Å². The summed E-state index contributed by atoms with van der Waals surface area (Å²) in [5.74, 6) is -5.87. The number of aromatic nitrogens is 2. The lowest BCUT2D eigenvalue weighted by Crippen LogP contribution is -2.65. The van der Waals surface area contributed by atoms with Gasteiger partial charge < -0.3 is 74.7 Å². The fraction of sp³-hybridized carbons (Fsp3) is 0.529. The van der Waals surface area contributed by atoms with Gasteiger partial charge in [-0.15, -0.1) is 0 Å². The minimum atomic E-state index is -5.24. The second-order valence-corrected chi connectivity index (χ2v) is 23.2. The monoisotopic (exact) mass is 1180 g/mol. The van der Waals surface area contributed by atoms with Gasteiger partial charge in [0.15, 0.2) is 30.6 Å². The van der Waals surface area contributed by atoms with E-state index in [4.69, 9.17) is 28.4 Å². The number of carbonyl (C=O) groups is 4. The molecule has 1 amide bonds. The molecule has 30 heteroatoms. The van der Waals surface area contributed by atoms with Gasteiger partial charge in [-0.05, 0) is 67.8 Å². The Morgan fingerprint density at radius 1 is 0.778 bits per heavy atom. The van der Waals surface area contributed by atoms with Crippen LogP contribution in [0, 0.1) is 11.8 Å². The van der Waals surface area contributed by atoms with Gasteiger partial charge in [-0.1, -0.05) is 62.4 Å². The third-order valence-electron chi connectivity index (χ3n) is 14.9. The number of ketones is 1. The molecule has 8 rings (SSSR count). The normalized spacial score (nSPS) is 29.8. The van der Waals surface area contributed by atoms with E-state index in [2.05, 4.69) is 15.6 Å². The quantitative estimate of drug-likeness (QED) is 0.0396. The van der Waals surface area contributed by atoms with Crippen molar-refractivity contribution >= 4 is 60.3 Å². The number of anilines is 1. The maximum Gasteiger partial charge on any atom is 0.338 e. The molecule has 4 aliphatic rings. The van der Waals surface area contributed by atoms with Gasteiger partial charge in [0.2, 0.25) is 0 Å². The van der Waals surface area contributed by atoms with Crippen LogP contribution in [-0.4, -0.2) is 189 Å². The highest BCUT2D eigenvalue weighted by molar-refractivity contribution is 7.86. The topological polar surface area (TPSA) is 444 Å². The fourth-order valence-electron chi connectivity index (χ4n) is 10.7. The van der Waals surface area contributed by atoms with Crippen LogP contribution >= 0.6 is 0 Å². The number of benzene rings is 3. The van der Waals surface area contributed by atoms with E-state index in [9.17, 15) is 85.3 Å². The lowest BCUT2D eigenvalue weighted by Gasteiger charge is -2.49. The van der Waals surface area contributed by atoms with Gasteiger partial charge in [0, 0.05) is 23.1 Å². The molecule has 4 fully saturated rings. The molecular formula is C51H62N4O24S2. The second kappa shape index (κ2) is 25.6. The van der Waals surface area contributed by atoms with Crippen molar-refractivity contribution in [2.45, 2.75) is 154 Å². The van der Waals surface area contributed by atoms with Crippen molar-refractivity contribution in [1.82, 2.24) is 15.3 Å². The number of hydrogen-bond donors (Lipinski definition) is 12. The minimum Gasteiger partial charge on any atom is -0.479 e. The largest absolute Gasteiger partial charge is 0.479 e. The minimum absolute atomic E-state index is 0.0332. The third-order valence-corrected chi connectivity index (χ3v) is 16.6. The molecule has 2 saturated carbocycles. The Morgan fingerprint density at radius 3 is 2.15 bits per heavy atom. The molecule has 14 unspecified atom stereocenters. The first-order valence-corrected chi connectivity index (χ1v) is 28.7. The number of carboxylic acids is 1. The van der Waals surface area contributed by atoms with E-state index >= 15 is 0 Å². The second-order valence-electron chi connectivity index (χ2n) is 20.4. The number of aromatic amines is 2. The van der Waals surface area contributed by atoms with Gasteiger partial charge in [-0.25, -0.2) is 14.4 Å². The van der Waals surface area contributed by atoms with E-state index in [0.29, 0.717) is 18.9 Å². The van der Waals surface area contributed by atoms with Crippen LogP contribution in [-0.2, 0) is 58.2 Å². The lowest BCUT2D eigenvalue weighted by molar-refractivity contribution is -0.347. The highest BCUT2D eigenvalue weighted by Gasteiger charge is 2.54. The maximum atomic E-state index is 14.8. The first kappa shape index (κ1) is 61.0. The van der Waals surface area contributed by atoms with E-state index in [1.54, 1.807) is 6.07 Å². The number of esters is 1. The molecule has 4 aromatic rings. The number of aliphatic carboxylic acids is 1. The third kappa shape index (κ3) is 14.4. The van der Waals surface area contributed by atoms with Gasteiger partial charge in [-0.2, -0.15) is 16.8 Å². The van der Waals surface area contributed by atoms with Crippen LogP contribution in [0.25, 0.3) is 10.8 Å². The number of amides is 1. The Hall–Kier alpha value is -6.10. The molecule has 442 valence electrons. The molecule has 2 saturated heterocycles. The summed E-state index contributed by atoms with van der Waals surface area (Å²) in [7, 11) is -10.3. The van der Waals surface area contributed by atoms with Crippen molar-refractivity contribution in [3.8, 4) is 0 Å². The molecule has 2 aliphatic carbocycles. The molecule has 1 aromatic heterocycles. The van der Waals surface area contributed by atoms with Gasteiger partial charge >= 0.3 is 17.6 Å². The molecular weight excluding hydrogens is 1120 g/mol.